The van der Waals surface area contributed by atoms with Crippen LogP contribution in [-0.2, 0) is 16.1 Å². The van der Waals surface area contributed by atoms with Gasteiger partial charge in [-0.05, 0) is 42.2 Å². The third kappa shape index (κ3) is 5.09. The van der Waals surface area contributed by atoms with Gasteiger partial charge in [-0.15, -0.1) is 0 Å². The molecule has 5 nitrogen and oxygen atoms in total. The molecule has 2 aromatic rings. The number of amides is 1. The Balaban J connectivity index is 2.03. The van der Waals surface area contributed by atoms with Crippen LogP contribution in [0.2, 0.25) is 0 Å². The monoisotopic (exact) mass is 355 g/mol. The van der Waals surface area contributed by atoms with E-state index < -0.39 is 12.0 Å². The molecule has 0 bridgehead atoms. The van der Waals surface area contributed by atoms with Crippen LogP contribution in [0.15, 0.2) is 48.5 Å². The molecule has 1 amide bonds. The summed E-state index contributed by atoms with van der Waals surface area (Å²) >= 11 is 0. The third-order valence-electron chi connectivity index (χ3n) is 4.11. The van der Waals surface area contributed by atoms with E-state index in [-0.39, 0.29) is 18.4 Å². The summed E-state index contributed by atoms with van der Waals surface area (Å²) in [5.41, 5.74) is 2.24. The molecule has 0 aromatic heterocycles. The van der Waals surface area contributed by atoms with Gasteiger partial charge in [0, 0.05) is 5.56 Å². The Kier molecular flexibility index (Phi) is 6.78. The Bertz CT molecular complexity index is 770. The highest BCUT2D eigenvalue weighted by Gasteiger charge is 2.26. The minimum atomic E-state index is -0.715. The van der Waals surface area contributed by atoms with Gasteiger partial charge in [0.25, 0.3) is 5.91 Å². The van der Waals surface area contributed by atoms with Gasteiger partial charge in [-0.1, -0.05) is 44.2 Å². The molecule has 0 heterocycles. The van der Waals surface area contributed by atoms with Gasteiger partial charge in [0.15, 0.2) is 0 Å². The summed E-state index contributed by atoms with van der Waals surface area (Å²) in [5.74, 6) is -0.127. The molecule has 5 heteroatoms. The smallest absolute Gasteiger partial charge is 0.329 e. The summed E-state index contributed by atoms with van der Waals surface area (Å²) in [5, 5.41) is 2.79. The fourth-order valence-corrected chi connectivity index (χ4v) is 2.55. The van der Waals surface area contributed by atoms with Gasteiger partial charge < -0.3 is 14.8 Å². The standard InChI is InChI=1S/C21H25NO4/c1-14(2)19(22-20(23)18-11-6-5-8-15(18)3)21(24)26-13-16-9-7-10-17(12-16)25-4/h5-12,14,19H,13H2,1-4H3,(H,22,23)/t19-/m0/s1. The van der Waals surface area contributed by atoms with Crippen LogP contribution < -0.4 is 10.1 Å². The van der Waals surface area contributed by atoms with Crippen molar-refractivity contribution in [1.29, 1.82) is 0 Å². The lowest BCUT2D eigenvalue weighted by Gasteiger charge is -2.21. The Morgan fingerprint density at radius 1 is 1.08 bits per heavy atom. The summed E-state index contributed by atoms with van der Waals surface area (Å²) in [6.45, 7) is 5.73. The topological polar surface area (TPSA) is 64.6 Å². The van der Waals surface area contributed by atoms with E-state index in [1.54, 1.807) is 19.2 Å². The highest BCUT2D eigenvalue weighted by molar-refractivity contribution is 5.98. The van der Waals surface area contributed by atoms with E-state index in [1.807, 2.05) is 57.2 Å². The van der Waals surface area contributed by atoms with Crippen LogP contribution in [0, 0.1) is 12.8 Å². The molecule has 0 radical (unpaired) electrons. The molecule has 0 saturated carbocycles. The molecule has 1 atom stereocenters. The second kappa shape index (κ2) is 9.04. The van der Waals surface area contributed by atoms with E-state index in [4.69, 9.17) is 9.47 Å². The van der Waals surface area contributed by atoms with Crippen molar-refractivity contribution in [2.24, 2.45) is 5.92 Å². The van der Waals surface area contributed by atoms with Crippen LogP contribution in [0.4, 0.5) is 0 Å². The number of benzene rings is 2. The quantitative estimate of drug-likeness (QED) is 0.772. The predicted molar refractivity (Wildman–Crippen MR) is 100 cm³/mol. The van der Waals surface area contributed by atoms with E-state index in [0.29, 0.717) is 11.3 Å². The van der Waals surface area contributed by atoms with E-state index in [2.05, 4.69) is 5.32 Å². The van der Waals surface area contributed by atoms with Gasteiger partial charge >= 0.3 is 5.97 Å². The van der Waals surface area contributed by atoms with E-state index in [0.717, 1.165) is 11.1 Å². The lowest BCUT2D eigenvalue weighted by atomic mass is 10.0. The lowest BCUT2D eigenvalue weighted by Crippen LogP contribution is -2.45. The van der Waals surface area contributed by atoms with Crippen LogP contribution in [0.5, 0.6) is 5.75 Å². The van der Waals surface area contributed by atoms with Gasteiger partial charge in [0.1, 0.15) is 18.4 Å². The number of carbonyl (C=O) groups excluding carboxylic acids is 2. The lowest BCUT2D eigenvalue weighted by molar-refractivity contribution is -0.148. The van der Waals surface area contributed by atoms with Crippen molar-refractivity contribution in [3.8, 4) is 5.75 Å². The Hall–Kier alpha value is -2.82. The molecule has 0 unspecified atom stereocenters. The second-order valence-corrected chi connectivity index (χ2v) is 6.47. The largest absolute Gasteiger partial charge is 0.497 e. The van der Waals surface area contributed by atoms with Crippen LogP contribution in [-0.4, -0.2) is 25.0 Å². The number of aryl methyl sites for hydroxylation is 1. The molecule has 0 aliphatic rings. The summed E-state index contributed by atoms with van der Waals surface area (Å²) < 4.78 is 10.6. The Labute approximate surface area is 154 Å². The second-order valence-electron chi connectivity index (χ2n) is 6.47. The summed E-state index contributed by atoms with van der Waals surface area (Å²) in [7, 11) is 1.58. The van der Waals surface area contributed by atoms with Gasteiger partial charge in [-0.2, -0.15) is 0 Å². The molecule has 0 saturated heterocycles. The summed E-state index contributed by atoms with van der Waals surface area (Å²) in [4.78, 5) is 25.0. The van der Waals surface area contributed by atoms with E-state index in [9.17, 15) is 9.59 Å². The first-order valence-electron chi connectivity index (χ1n) is 8.58. The van der Waals surface area contributed by atoms with Crippen molar-refractivity contribution in [3.63, 3.8) is 0 Å². The SMILES string of the molecule is COc1cccc(COC(=O)[C@@H](NC(=O)c2ccccc2C)C(C)C)c1. The maximum absolute atomic E-state index is 12.5. The molecule has 138 valence electrons. The Morgan fingerprint density at radius 2 is 1.81 bits per heavy atom. The average Bonchev–Trinajstić information content (AvgIpc) is 2.64. The third-order valence-corrected chi connectivity index (χ3v) is 4.11. The molecular formula is C21H25NO4. The molecule has 0 spiro atoms. The number of hydrogen-bond acceptors (Lipinski definition) is 4. The van der Waals surface area contributed by atoms with Crippen LogP contribution in [0.3, 0.4) is 0 Å². The maximum Gasteiger partial charge on any atom is 0.329 e. The first kappa shape index (κ1) is 19.5. The van der Waals surface area contributed by atoms with Gasteiger partial charge in [-0.25, -0.2) is 4.79 Å². The normalized spacial score (nSPS) is 11.7. The fraction of sp³-hybridized carbons (Fsp3) is 0.333. The van der Waals surface area contributed by atoms with Crippen LogP contribution >= 0.6 is 0 Å². The number of ether oxygens (including phenoxy) is 2. The summed E-state index contributed by atoms with van der Waals surface area (Å²) in [6, 6.07) is 13.9. The maximum atomic E-state index is 12.5. The molecule has 26 heavy (non-hydrogen) atoms. The first-order valence-corrected chi connectivity index (χ1v) is 8.58. The fourth-order valence-electron chi connectivity index (χ4n) is 2.55. The first-order chi connectivity index (χ1) is 12.4. The molecule has 2 rings (SSSR count). The minimum Gasteiger partial charge on any atom is -0.497 e. The van der Waals surface area contributed by atoms with Crippen molar-refractivity contribution in [2.75, 3.05) is 7.11 Å². The number of esters is 1. The van der Waals surface area contributed by atoms with Crippen molar-refractivity contribution in [1.82, 2.24) is 5.32 Å². The molecule has 0 aliphatic carbocycles. The van der Waals surface area contributed by atoms with Crippen molar-refractivity contribution < 1.29 is 19.1 Å². The van der Waals surface area contributed by atoms with Crippen molar-refractivity contribution >= 4 is 11.9 Å². The molecule has 2 aromatic carbocycles. The van der Waals surface area contributed by atoms with Crippen LogP contribution in [0.1, 0.15) is 35.3 Å². The molecule has 0 fully saturated rings. The average molecular weight is 355 g/mol. The Morgan fingerprint density at radius 3 is 2.46 bits per heavy atom. The molecule has 1 N–H and O–H groups in total. The zero-order valence-corrected chi connectivity index (χ0v) is 15.6. The van der Waals surface area contributed by atoms with Crippen molar-refractivity contribution in [3.05, 3.63) is 65.2 Å². The van der Waals surface area contributed by atoms with Gasteiger partial charge in [-0.3, -0.25) is 4.79 Å². The number of carbonyl (C=O) groups is 2. The minimum absolute atomic E-state index is 0.0965. The zero-order valence-electron chi connectivity index (χ0n) is 15.6. The number of nitrogens with one attached hydrogen (secondary N) is 1. The molecular weight excluding hydrogens is 330 g/mol. The summed E-state index contributed by atoms with van der Waals surface area (Å²) in [6.07, 6.45) is 0. The number of hydrogen-bond donors (Lipinski definition) is 1. The number of rotatable bonds is 7. The van der Waals surface area contributed by atoms with Gasteiger partial charge in [0.2, 0.25) is 0 Å². The van der Waals surface area contributed by atoms with Crippen molar-refractivity contribution in [2.45, 2.75) is 33.4 Å². The number of methoxy groups -OCH3 is 1. The van der Waals surface area contributed by atoms with E-state index >= 15 is 0 Å². The van der Waals surface area contributed by atoms with Crippen LogP contribution in [0.25, 0.3) is 0 Å². The predicted octanol–water partition coefficient (Wildman–Crippen LogP) is 3.50. The molecule has 0 aliphatic heterocycles. The van der Waals surface area contributed by atoms with Gasteiger partial charge in [0.05, 0.1) is 7.11 Å². The highest BCUT2D eigenvalue weighted by atomic mass is 16.5. The van der Waals surface area contributed by atoms with E-state index in [1.165, 1.54) is 0 Å². The zero-order chi connectivity index (χ0) is 19.1. The highest BCUT2D eigenvalue weighted by Crippen LogP contribution is 2.15.